The quantitative estimate of drug-likeness (QED) is 0.633. The van der Waals surface area contributed by atoms with Crippen molar-refractivity contribution in [2.75, 3.05) is 22.5 Å². The van der Waals surface area contributed by atoms with Gasteiger partial charge in [0.15, 0.2) is 5.16 Å². The van der Waals surface area contributed by atoms with Crippen LogP contribution in [0.2, 0.25) is 0 Å². The molecule has 0 atom stereocenters. The summed E-state index contributed by atoms with van der Waals surface area (Å²) in [5.41, 5.74) is 3.62. The maximum absolute atomic E-state index is 12.4. The van der Waals surface area contributed by atoms with E-state index in [0.717, 1.165) is 24.3 Å². The highest BCUT2D eigenvalue weighted by molar-refractivity contribution is 7.99. The molecule has 3 aromatic rings. The second kappa shape index (κ2) is 8.48. The van der Waals surface area contributed by atoms with Crippen molar-refractivity contribution in [3.63, 3.8) is 0 Å². The summed E-state index contributed by atoms with van der Waals surface area (Å²) in [6.07, 6.45) is 3.09. The summed E-state index contributed by atoms with van der Waals surface area (Å²) in [7, 11) is 0. The highest BCUT2D eigenvalue weighted by atomic mass is 32.2. The highest BCUT2D eigenvalue weighted by Gasteiger charge is 2.21. The van der Waals surface area contributed by atoms with Gasteiger partial charge in [0.25, 0.3) is 0 Å². The smallest absolute Gasteiger partial charge is 0.234 e. The molecule has 1 aliphatic rings. The molecule has 0 unspecified atom stereocenters. The van der Waals surface area contributed by atoms with Crippen LogP contribution in [0, 0.1) is 6.92 Å². The molecule has 8 heteroatoms. The number of aryl methyl sites for hydroxylation is 1. The summed E-state index contributed by atoms with van der Waals surface area (Å²) in [4.78, 5) is 26.1. The van der Waals surface area contributed by atoms with Crippen LogP contribution in [0.15, 0.2) is 60.0 Å². The number of hydrogen-bond donors (Lipinski definition) is 1. The number of carbonyl (C=O) groups is 2. The van der Waals surface area contributed by atoms with E-state index in [4.69, 9.17) is 0 Å². The van der Waals surface area contributed by atoms with Gasteiger partial charge in [-0.1, -0.05) is 35.5 Å². The lowest BCUT2D eigenvalue weighted by Gasteiger charge is -2.16. The minimum atomic E-state index is -0.140. The second-order valence-electron chi connectivity index (χ2n) is 6.86. The fourth-order valence-electron chi connectivity index (χ4n) is 3.21. The van der Waals surface area contributed by atoms with Gasteiger partial charge in [0.2, 0.25) is 11.8 Å². The molecule has 2 aromatic carbocycles. The Morgan fingerprint density at radius 1 is 1.17 bits per heavy atom. The summed E-state index contributed by atoms with van der Waals surface area (Å²) in [6.45, 7) is 2.76. The SMILES string of the molecule is Cc1ccc(-n2cnnc2SCC(=O)Nc2cccc(N3CCCC3=O)c2)cc1. The minimum absolute atomic E-state index is 0.125. The number of aromatic nitrogens is 3. The molecule has 0 aliphatic carbocycles. The highest BCUT2D eigenvalue weighted by Crippen LogP contribution is 2.25. The number of thioether (sulfide) groups is 1. The lowest BCUT2D eigenvalue weighted by Crippen LogP contribution is -2.23. The van der Waals surface area contributed by atoms with Gasteiger partial charge in [-0.15, -0.1) is 10.2 Å². The van der Waals surface area contributed by atoms with Crippen LogP contribution in [-0.4, -0.2) is 38.9 Å². The number of nitrogens with zero attached hydrogens (tertiary/aromatic N) is 4. The molecule has 1 saturated heterocycles. The summed E-state index contributed by atoms with van der Waals surface area (Å²) in [6, 6.07) is 15.4. The van der Waals surface area contributed by atoms with Crippen LogP contribution in [0.5, 0.6) is 0 Å². The summed E-state index contributed by atoms with van der Waals surface area (Å²) < 4.78 is 1.86. The predicted octanol–water partition coefficient (Wildman–Crippen LogP) is 3.43. The normalized spacial score (nSPS) is 13.7. The first-order valence-electron chi connectivity index (χ1n) is 9.40. The molecule has 7 nitrogen and oxygen atoms in total. The molecule has 1 fully saturated rings. The van der Waals surface area contributed by atoms with Gasteiger partial charge in [0, 0.05) is 30.0 Å². The Morgan fingerprint density at radius 2 is 2.00 bits per heavy atom. The first-order chi connectivity index (χ1) is 14.1. The van der Waals surface area contributed by atoms with E-state index in [1.54, 1.807) is 11.2 Å². The zero-order valence-corrected chi connectivity index (χ0v) is 16.9. The van der Waals surface area contributed by atoms with E-state index in [9.17, 15) is 9.59 Å². The van der Waals surface area contributed by atoms with Crippen molar-refractivity contribution in [1.82, 2.24) is 14.8 Å². The Bertz CT molecular complexity index is 1030. The number of rotatable bonds is 6. The van der Waals surface area contributed by atoms with Crippen molar-refractivity contribution in [1.29, 1.82) is 0 Å². The molecule has 0 radical (unpaired) electrons. The average molecular weight is 407 g/mol. The molecular formula is C21H21N5O2S. The Morgan fingerprint density at radius 3 is 2.76 bits per heavy atom. The maximum atomic E-state index is 12.4. The van der Waals surface area contributed by atoms with Crippen LogP contribution in [0.25, 0.3) is 5.69 Å². The number of amides is 2. The zero-order chi connectivity index (χ0) is 20.2. The molecule has 2 amide bonds. The van der Waals surface area contributed by atoms with Crippen LogP contribution in [0.3, 0.4) is 0 Å². The van der Waals surface area contributed by atoms with Gasteiger partial charge < -0.3 is 10.2 Å². The Hall–Kier alpha value is -3.13. The molecule has 1 aliphatic heterocycles. The third-order valence-corrected chi connectivity index (χ3v) is 5.62. The van der Waals surface area contributed by atoms with E-state index >= 15 is 0 Å². The van der Waals surface area contributed by atoms with Crippen molar-refractivity contribution in [3.8, 4) is 5.69 Å². The van der Waals surface area contributed by atoms with Crippen molar-refractivity contribution in [2.24, 2.45) is 0 Å². The van der Waals surface area contributed by atoms with E-state index in [0.29, 0.717) is 17.3 Å². The monoisotopic (exact) mass is 407 g/mol. The standard InChI is InChI=1S/C21H21N5O2S/c1-15-7-9-17(10-8-15)26-14-22-24-21(26)29-13-19(27)23-16-4-2-5-18(12-16)25-11-3-6-20(25)28/h2,4-5,7-10,12,14H,3,6,11,13H2,1H3,(H,23,27). The third kappa shape index (κ3) is 4.48. The van der Waals surface area contributed by atoms with E-state index in [1.165, 1.54) is 17.3 Å². The van der Waals surface area contributed by atoms with Gasteiger partial charge in [0.05, 0.1) is 5.75 Å². The molecule has 0 bridgehead atoms. The summed E-state index contributed by atoms with van der Waals surface area (Å²) in [5.74, 6) is 0.190. The number of anilines is 2. The first kappa shape index (κ1) is 19.2. The lowest BCUT2D eigenvalue weighted by atomic mass is 10.2. The third-order valence-electron chi connectivity index (χ3n) is 4.68. The average Bonchev–Trinajstić information content (AvgIpc) is 3.36. The second-order valence-corrected chi connectivity index (χ2v) is 7.80. The minimum Gasteiger partial charge on any atom is -0.325 e. The van der Waals surface area contributed by atoms with Crippen molar-refractivity contribution >= 4 is 35.0 Å². The molecule has 1 N–H and O–H groups in total. The molecule has 0 spiro atoms. The molecule has 148 valence electrons. The summed E-state index contributed by atoms with van der Waals surface area (Å²) >= 11 is 1.32. The Labute approximate surface area is 173 Å². The fraction of sp³-hybridized carbons (Fsp3) is 0.238. The van der Waals surface area contributed by atoms with E-state index in [2.05, 4.69) is 15.5 Å². The fourth-order valence-corrected chi connectivity index (χ4v) is 3.93. The maximum Gasteiger partial charge on any atom is 0.234 e. The van der Waals surface area contributed by atoms with E-state index in [1.807, 2.05) is 60.0 Å². The van der Waals surface area contributed by atoms with Crippen molar-refractivity contribution < 1.29 is 9.59 Å². The topological polar surface area (TPSA) is 80.1 Å². The summed E-state index contributed by atoms with van der Waals surface area (Å²) in [5, 5.41) is 11.6. The van der Waals surface area contributed by atoms with Gasteiger partial charge in [-0.2, -0.15) is 0 Å². The van der Waals surface area contributed by atoms with Crippen LogP contribution in [0.1, 0.15) is 18.4 Å². The predicted molar refractivity (Wildman–Crippen MR) is 113 cm³/mol. The van der Waals surface area contributed by atoms with Gasteiger partial charge in [0.1, 0.15) is 6.33 Å². The van der Waals surface area contributed by atoms with E-state index in [-0.39, 0.29) is 17.6 Å². The van der Waals surface area contributed by atoms with E-state index < -0.39 is 0 Å². The number of nitrogens with one attached hydrogen (secondary N) is 1. The number of benzene rings is 2. The van der Waals surface area contributed by atoms with Gasteiger partial charge in [-0.3, -0.25) is 14.2 Å². The Kier molecular flexibility index (Phi) is 5.62. The zero-order valence-electron chi connectivity index (χ0n) is 16.0. The van der Waals surface area contributed by atoms with Crippen LogP contribution in [-0.2, 0) is 9.59 Å². The van der Waals surface area contributed by atoms with Gasteiger partial charge in [-0.25, -0.2) is 0 Å². The van der Waals surface area contributed by atoms with Gasteiger partial charge >= 0.3 is 0 Å². The molecular weight excluding hydrogens is 386 g/mol. The number of hydrogen-bond acceptors (Lipinski definition) is 5. The number of carbonyl (C=O) groups excluding carboxylic acids is 2. The van der Waals surface area contributed by atoms with Gasteiger partial charge in [-0.05, 0) is 43.7 Å². The molecule has 2 heterocycles. The van der Waals surface area contributed by atoms with Crippen LogP contribution >= 0.6 is 11.8 Å². The molecule has 4 rings (SSSR count). The van der Waals surface area contributed by atoms with Crippen LogP contribution < -0.4 is 10.2 Å². The van der Waals surface area contributed by atoms with Crippen molar-refractivity contribution in [2.45, 2.75) is 24.9 Å². The van der Waals surface area contributed by atoms with Crippen molar-refractivity contribution in [3.05, 3.63) is 60.4 Å². The first-order valence-corrected chi connectivity index (χ1v) is 10.4. The molecule has 1 aromatic heterocycles. The lowest BCUT2D eigenvalue weighted by molar-refractivity contribution is -0.117. The Balaban J connectivity index is 1.38. The van der Waals surface area contributed by atoms with Crippen LogP contribution in [0.4, 0.5) is 11.4 Å². The largest absolute Gasteiger partial charge is 0.325 e. The molecule has 0 saturated carbocycles. The molecule has 29 heavy (non-hydrogen) atoms.